The van der Waals surface area contributed by atoms with Crippen LogP contribution in [0.2, 0.25) is 0 Å². The van der Waals surface area contributed by atoms with E-state index in [0.717, 1.165) is 24.3 Å². The number of benzene rings is 1. The van der Waals surface area contributed by atoms with E-state index >= 15 is 0 Å². The molecule has 0 radical (unpaired) electrons. The molecule has 0 N–H and O–H groups in total. The van der Waals surface area contributed by atoms with Gasteiger partial charge in [0.2, 0.25) is 10.4 Å². The summed E-state index contributed by atoms with van der Waals surface area (Å²) in [5.41, 5.74) is -0.256. The molecule has 0 bridgehead atoms. The molecule has 102 valence electrons. The highest BCUT2D eigenvalue weighted by Gasteiger charge is 2.34. The third-order valence-corrected chi connectivity index (χ3v) is 2.36. The molecule has 1 unspecified atom stereocenters. The monoisotopic (exact) mass is 287 g/mol. The lowest BCUT2D eigenvalue weighted by Gasteiger charge is -2.20. The van der Waals surface area contributed by atoms with Gasteiger partial charge >= 0.3 is 6.18 Å². The van der Waals surface area contributed by atoms with Gasteiger partial charge in [-0.05, 0) is 17.7 Å². The van der Waals surface area contributed by atoms with Crippen LogP contribution in [0.25, 0.3) is 0 Å². The fourth-order valence-electron chi connectivity index (χ4n) is 1.24. The largest absolute Gasteiger partial charge is 0.726 e. The van der Waals surface area contributed by atoms with E-state index in [1.165, 1.54) is 0 Å². The molecule has 0 saturated heterocycles. The van der Waals surface area contributed by atoms with Gasteiger partial charge in [0.1, 0.15) is 11.9 Å². The van der Waals surface area contributed by atoms with Crippen LogP contribution in [0.15, 0.2) is 24.3 Å². The Morgan fingerprint density at radius 2 is 1.72 bits per heavy atom. The van der Waals surface area contributed by atoms with E-state index in [0.29, 0.717) is 0 Å². The molecule has 0 heterocycles. The molecule has 9 heteroatoms. The molecule has 1 rings (SSSR count). The Labute approximate surface area is 100 Å². The van der Waals surface area contributed by atoms with Gasteiger partial charge in [-0.1, -0.05) is 12.1 Å². The van der Waals surface area contributed by atoms with Crippen LogP contribution < -0.4 is 0 Å². The predicted molar refractivity (Wildman–Crippen MR) is 50.6 cm³/mol. The van der Waals surface area contributed by atoms with Crippen molar-refractivity contribution >= 4 is 10.4 Å². The van der Waals surface area contributed by atoms with Crippen LogP contribution in [0.4, 0.5) is 17.6 Å². The Morgan fingerprint density at radius 1 is 1.22 bits per heavy atom. The molecule has 0 amide bonds. The summed E-state index contributed by atoms with van der Waals surface area (Å²) in [7, 11) is -5.30. The summed E-state index contributed by atoms with van der Waals surface area (Å²) in [6, 6.07) is 3.49. The molecular formula is C9H7F4O4S-. The lowest BCUT2D eigenvalue weighted by molar-refractivity contribution is -0.151. The second-order valence-corrected chi connectivity index (χ2v) is 4.37. The molecule has 0 aromatic heterocycles. The van der Waals surface area contributed by atoms with Gasteiger partial charge in [0.25, 0.3) is 0 Å². The lowest BCUT2D eigenvalue weighted by atomic mass is 10.1. The lowest BCUT2D eigenvalue weighted by Crippen LogP contribution is -2.19. The molecule has 4 nitrogen and oxygen atoms in total. The van der Waals surface area contributed by atoms with Gasteiger partial charge in [-0.25, -0.2) is 12.8 Å². The Morgan fingerprint density at radius 3 is 2.11 bits per heavy atom. The molecule has 1 atom stereocenters. The Kier molecular flexibility index (Phi) is 4.30. The Hall–Kier alpha value is -1.19. The summed E-state index contributed by atoms with van der Waals surface area (Å²) in [6.45, 7) is 0. The third-order valence-electron chi connectivity index (χ3n) is 1.89. The summed E-state index contributed by atoms with van der Waals surface area (Å²) in [5.74, 6) is -0.713. The van der Waals surface area contributed by atoms with Crippen LogP contribution in [0.1, 0.15) is 18.1 Å². The first-order valence-electron chi connectivity index (χ1n) is 4.53. The summed E-state index contributed by atoms with van der Waals surface area (Å²) in [6.07, 6.45) is -8.42. The van der Waals surface area contributed by atoms with Crippen molar-refractivity contribution in [3.05, 3.63) is 35.6 Å². The van der Waals surface area contributed by atoms with Gasteiger partial charge in [0, 0.05) is 0 Å². The summed E-state index contributed by atoms with van der Waals surface area (Å²) in [4.78, 5) is 0. The van der Waals surface area contributed by atoms with Crippen molar-refractivity contribution in [1.82, 2.24) is 0 Å². The van der Waals surface area contributed by atoms with Crippen molar-refractivity contribution in [3.8, 4) is 0 Å². The summed E-state index contributed by atoms with van der Waals surface area (Å²) in [5, 5.41) is 0. The first kappa shape index (κ1) is 14.9. The number of hydrogen-bond donors (Lipinski definition) is 0. The van der Waals surface area contributed by atoms with Crippen LogP contribution in [-0.2, 0) is 14.6 Å². The SMILES string of the molecule is O=S(=O)([O-])OC(CC(F)(F)F)c1ccc(F)cc1. The summed E-state index contributed by atoms with van der Waals surface area (Å²) >= 11 is 0. The Bertz CT molecular complexity index is 494. The van der Waals surface area contributed by atoms with Gasteiger partial charge in [-0.3, -0.25) is 4.18 Å². The fourth-order valence-corrected chi connectivity index (χ4v) is 1.70. The molecule has 0 saturated carbocycles. The van der Waals surface area contributed by atoms with E-state index in [-0.39, 0.29) is 5.56 Å². The number of rotatable bonds is 4. The minimum Gasteiger partial charge on any atom is -0.726 e. The van der Waals surface area contributed by atoms with E-state index in [1.807, 2.05) is 0 Å². The average molecular weight is 287 g/mol. The van der Waals surface area contributed by atoms with E-state index < -0.39 is 34.9 Å². The maximum atomic E-state index is 12.6. The van der Waals surface area contributed by atoms with Gasteiger partial charge < -0.3 is 4.55 Å². The van der Waals surface area contributed by atoms with Crippen LogP contribution in [0, 0.1) is 5.82 Å². The standard InChI is InChI=1S/C9H8F4O4S/c10-7-3-1-6(2-4-7)8(5-9(11,12)13)17-18(14,15)16/h1-4,8H,5H2,(H,14,15,16)/p-1. The zero-order valence-electron chi connectivity index (χ0n) is 8.65. The van der Waals surface area contributed by atoms with Gasteiger partial charge in [-0.2, -0.15) is 13.2 Å². The van der Waals surface area contributed by atoms with Gasteiger partial charge in [0.05, 0.1) is 6.42 Å². The van der Waals surface area contributed by atoms with Crippen LogP contribution in [-0.4, -0.2) is 19.1 Å². The maximum absolute atomic E-state index is 12.6. The fraction of sp³-hybridized carbons (Fsp3) is 0.333. The second kappa shape index (κ2) is 5.21. The zero-order valence-corrected chi connectivity index (χ0v) is 9.46. The molecule has 0 spiro atoms. The molecule has 0 aliphatic heterocycles. The van der Waals surface area contributed by atoms with Gasteiger partial charge in [0.15, 0.2) is 0 Å². The van der Waals surface area contributed by atoms with E-state index in [1.54, 1.807) is 0 Å². The van der Waals surface area contributed by atoms with Crippen molar-refractivity contribution in [2.75, 3.05) is 0 Å². The van der Waals surface area contributed by atoms with Crippen molar-refractivity contribution in [1.29, 1.82) is 0 Å². The van der Waals surface area contributed by atoms with E-state index in [2.05, 4.69) is 4.18 Å². The van der Waals surface area contributed by atoms with E-state index in [9.17, 15) is 30.5 Å². The minimum atomic E-state index is -5.30. The third kappa shape index (κ3) is 5.43. The zero-order chi connectivity index (χ0) is 14.0. The molecule has 18 heavy (non-hydrogen) atoms. The van der Waals surface area contributed by atoms with Crippen molar-refractivity contribution < 1.29 is 34.7 Å². The van der Waals surface area contributed by atoms with Crippen LogP contribution in [0.3, 0.4) is 0 Å². The molecule has 0 aliphatic rings. The first-order valence-corrected chi connectivity index (χ1v) is 5.86. The molecule has 0 aliphatic carbocycles. The molecular weight excluding hydrogens is 280 g/mol. The van der Waals surface area contributed by atoms with Crippen molar-refractivity contribution in [2.24, 2.45) is 0 Å². The average Bonchev–Trinajstić information content (AvgIpc) is 2.13. The molecule has 1 aromatic carbocycles. The summed E-state index contributed by atoms with van der Waals surface area (Å²) < 4.78 is 84.0. The first-order chi connectivity index (χ1) is 8.07. The minimum absolute atomic E-state index is 0.256. The highest BCUT2D eigenvalue weighted by Crippen LogP contribution is 2.33. The topological polar surface area (TPSA) is 66.4 Å². The predicted octanol–water partition coefficient (Wildman–Crippen LogP) is 2.30. The Balaban J connectivity index is 3.00. The molecule has 0 fully saturated rings. The highest BCUT2D eigenvalue weighted by molar-refractivity contribution is 7.80. The van der Waals surface area contributed by atoms with Crippen LogP contribution >= 0.6 is 0 Å². The maximum Gasteiger partial charge on any atom is 0.391 e. The van der Waals surface area contributed by atoms with E-state index in [4.69, 9.17) is 0 Å². The van der Waals surface area contributed by atoms with Crippen molar-refractivity contribution in [2.45, 2.75) is 18.7 Å². The normalized spacial score (nSPS) is 14.5. The number of halogens is 4. The quantitative estimate of drug-likeness (QED) is 0.484. The smallest absolute Gasteiger partial charge is 0.391 e. The number of alkyl halides is 3. The second-order valence-electron chi connectivity index (χ2n) is 3.36. The van der Waals surface area contributed by atoms with Crippen molar-refractivity contribution in [3.63, 3.8) is 0 Å². The molecule has 1 aromatic rings. The highest BCUT2D eigenvalue weighted by atomic mass is 32.3. The number of hydrogen-bond acceptors (Lipinski definition) is 4. The van der Waals surface area contributed by atoms with Gasteiger partial charge in [-0.15, -0.1) is 0 Å². The van der Waals surface area contributed by atoms with Crippen LogP contribution in [0.5, 0.6) is 0 Å².